The van der Waals surface area contributed by atoms with Crippen LogP contribution in [0.2, 0.25) is 0 Å². The van der Waals surface area contributed by atoms with Gasteiger partial charge in [-0.15, -0.1) is 11.3 Å². The Morgan fingerprint density at radius 2 is 2.04 bits per heavy atom. The van der Waals surface area contributed by atoms with Crippen molar-refractivity contribution in [3.05, 3.63) is 51.5 Å². The minimum Gasteiger partial charge on any atom is -0.356 e. The van der Waals surface area contributed by atoms with E-state index >= 15 is 0 Å². The Bertz CT molecular complexity index is 820. The number of nitrogens with zero attached hydrogens (tertiary/aromatic N) is 2. The van der Waals surface area contributed by atoms with Crippen LogP contribution in [0.4, 0.5) is 8.78 Å². The number of benzene rings is 1. The highest BCUT2D eigenvalue weighted by atomic mass is 32.1. The first-order valence-electron chi connectivity index (χ1n) is 8.86. The van der Waals surface area contributed by atoms with E-state index in [-0.39, 0.29) is 23.3 Å². The summed E-state index contributed by atoms with van der Waals surface area (Å²) in [5.41, 5.74) is 0.947. The molecular weight excluding hydrogens is 372 g/mol. The third-order valence-electron chi connectivity index (χ3n) is 4.49. The molecule has 1 saturated heterocycles. The van der Waals surface area contributed by atoms with E-state index in [0.717, 1.165) is 41.7 Å². The van der Waals surface area contributed by atoms with Crippen molar-refractivity contribution in [3.63, 3.8) is 0 Å². The van der Waals surface area contributed by atoms with E-state index < -0.39 is 11.6 Å². The van der Waals surface area contributed by atoms with Gasteiger partial charge in [-0.05, 0) is 25.0 Å². The van der Waals surface area contributed by atoms with E-state index in [1.807, 2.05) is 5.38 Å². The summed E-state index contributed by atoms with van der Waals surface area (Å²) in [6.07, 6.45) is 2.39. The molecule has 1 aliphatic rings. The van der Waals surface area contributed by atoms with Crippen molar-refractivity contribution in [2.45, 2.75) is 32.1 Å². The smallest absolute Gasteiger partial charge is 0.254 e. The zero-order chi connectivity index (χ0) is 19.4. The number of rotatable bonds is 5. The van der Waals surface area contributed by atoms with Crippen molar-refractivity contribution in [1.29, 1.82) is 0 Å². The van der Waals surface area contributed by atoms with Crippen LogP contribution in [0.3, 0.4) is 0 Å². The van der Waals surface area contributed by atoms with Gasteiger partial charge in [0.05, 0.1) is 10.7 Å². The highest BCUT2D eigenvalue weighted by molar-refractivity contribution is 7.09. The van der Waals surface area contributed by atoms with Gasteiger partial charge in [0, 0.05) is 55.9 Å². The SMILES string of the molecule is CC(=O)NCCc1csc(C2CCCN(C(=O)c3cc(F)cc(F)c3)C2)n1. The Kier molecular flexibility index (Phi) is 6.15. The van der Waals surface area contributed by atoms with Crippen LogP contribution in [0, 0.1) is 11.6 Å². The number of nitrogens with one attached hydrogen (secondary N) is 1. The number of amides is 2. The average molecular weight is 393 g/mol. The van der Waals surface area contributed by atoms with Gasteiger partial charge in [0.2, 0.25) is 5.91 Å². The number of carbonyl (C=O) groups excluding carboxylic acids is 2. The molecule has 1 N–H and O–H groups in total. The number of likely N-dealkylation sites (tertiary alicyclic amines) is 1. The second kappa shape index (κ2) is 8.56. The minimum atomic E-state index is -0.754. The fourth-order valence-electron chi connectivity index (χ4n) is 3.21. The summed E-state index contributed by atoms with van der Waals surface area (Å²) in [6, 6.07) is 2.89. The molecule has 1 aromatic carbocycles. The Morgan fingerprint density at radius 1 is 1.30 bits per heavy atom. The third kappa shape index (κ3) is 5.09. The molecule has 1 aromatic heterocycles. The van der Waals surface area contributed by atoms with Gasteiger partial charge in [0.25, 0.3) is 5.91 Å². The summed E-state index contributed by atoms with van der Waals surface area (Å²) in [5, 5.41) is 5.67. The lowest BCUT2D eigenvalue weighted by Crippen LogP contribution is -2.39. The van der Waals surface area contributed by atoms with Crippen molar-refractivity contribution in [2.75, 3.05) is 19.6 Å². The van der Waals surface area contributed by atoms with Crippen molar-refractivity contribution in [1.82, 2.24) is 15.2 Å². The molecule has 0 aliphatic carbocycles. The lowest BCUT2D eigenvalue weighted by molar-refractivity contribution is -0.118. The monoisotopic (exact) mass is 393 g/mol. The molecule has 3 rings (SSSR count). The number of piperidine rings is 1. The van der Waals surface area contributed by atoms with E-state index in [1.54, 1.807) is 16.2 Å². The number of aromatic nitrogens is 1. The molecule has 144 valence electrons. The first kappa shape index (κ1) is 19.4. The first-order chi connectivity index (χ1) is 12.9. The van der Waals surface area contributed by atoms with Gasteiger partial charge in [-0.3, -0.25) is 9.59 Å². The van der Waals surface area contributed by atoms with Crippen molar-refractivity contribution in [2.24, 2.45) is 0 Å². The minimum absolute atomic E-state index is 0.0308. The second-order valence-electron chi connectivity index (χ2n) is 6.66. The summed E-state index contributed by atoms with van der Waals surface area (Å²) in [4.78, 5) is 29.8. The molecule has 2 amide bonds. The molecular formula is C19H21F2N3O2S. The lowest BCUT2D eigenvalue weighted by atomic mass is 9.98. The summed E-state index contributed by atoms with van der Waals surface area (Å²) in [5.74, 6) is -1.83. The van der Waals surface area contributed by atoms with Crippen LogP contribution in [0.1, 0.15) is 46.7 Å². The number of thiazole rings is 1. The summed E-state index contributed by atoms with van der Waals surface area (Å²) < 4.78 is 26.8. The van der Waals surface area contributed by atoms with Gasteiger partial charge >= 0.3 is 0 Å². The summed E-state index contributed by atoms with van der Waals surface area (Å²) in [7, 11) is 0. The van der Waals surface area contributed by atoms with Crippen LogP contribution in [-0.4, -0.2) is 41.3 Å². The fourth-order valence-corrected chi connectivity index (χ4v) is 4.20. The topological polar surface area (TPSA) is 62.3 Å². The third-order valence-corrected chi connectivity index (χ3v) is 5.55. The van der Waals surface area contributed by atoms with Crippen LogP contribution >= 0.6 is 11.3 Å². The Morgan fingerprint density at radius 3 is 2.74 bits per heavy atom. The predicted molar refractivity (Wildman–Crippen MR) is 98.7 cm³/mol. The van der Waals surface area contributed by atoms with Gasteiger partial charge in [-0.2, -0.15) is 0 Å². The van der Waals surface area contributed by atoms with Gasteiger partial charge in [0.1, 0.15) is 11.6 Å². The number of hydrogen-bond donors (Lipinski definition) is 1. The predicted octanol–water partition coefficient (Wildman–Crippen LogP) is 3.12. The summed E-state index contributed by atoms with van der Waals surface area (Å²) in [6.45, 7) is 3.06. The van der Waals surface area contributed by atoms with Crippen LogP contribution < -0.4 is 5.32 Å². The molecule has 2 heterocycles. The Labute approximate surface area is 160 Å². The van der Waals surface area contributed by atoms with E-state index in [1.165, 1.54) is 6.92 Å². The molecule has 27 heavy (non-hydrogen) atoms. The maximum absolute atomic E-state index is 13.4. The molecule has 1 unspecified atom stereocenters. The number of halogens is 2. The van der Waals surface area contributed by atoms with Gasteiger partial charge in [-0.25, -0.2) is 13.8 Å². The maximum Gasteiger partial charge on any atom is 0.254 e. The molecule has 2 aromatic rings. The van der Waals surface area contributed by atoms with Crippen LogP contribution in [0.25, 0.3) is 0 Å². The molecule has 1 fully saturated rings. The Balaban J connectivity index is 1.64. The largest absolute Gasteiger partial charge is 0.356 e. The fraction of sp³-hybridized carbons (Fsp3) is 0.421. The second-order valence-corrected chi connectivity index (χ2v) is 7.55. The lowest BCUT2D eigenvalue weighted by Gasteiger charge is -2.32. The average Bonchev–Trinajstić information content (AvgIpc) is 3.09. The van der Waals surface area contributed by atoms with Crippen molar-refractivity contribution < 1.29 is 18.4 Å². The van der Waals surface area contributed by atoms with E-state index in [2.05, 4.69) is 10.3 Å². The molecule has 0 saturated carbocycles. The number of carbonyl (C=O) groups is 2. The molecule has 5 nitrogen and oxygen atoms in total. The van der Waals surface area contributed by atoms with E-state index in [4.69, 9.17) is 0 Å². The standard InChI is InChI=1S/C19H21F2N3O2S/c1-12(25)22-5-4-17-11-27-18(23-17)13-3-2-6-24(10-13)19(26)14-7-15(20)9-16(21)8-14/h7-9,11,13H,2-6,10H2,1H3,(H,22,25). The van der Waals surface area contributed by atoms with Crippen LogP contribution in [0.5, 0.6) is 0 Å². The Hall–Kier alpha value is -2.35. The maximum atomic E-state index is 13.4. The van der Waals surface area contributed by atoms with Crippen molar-refractivity contribution >= 4 is 23.2 Å². The molecule has 0 spiro atoms. The van der Waals surface area contributed by atoms with Crippen LogP contribution in [0.15, 0.2) is 23.6 Å². The molecule has 0 bridgehead atoms. The highest BCUT2D eigenvalue weighted by Crippen LogP contribution is 2.30. The van der Waals surface area contributed by atoms with Gasteiger partial charge < -0.3 is 10.2 Å². The highest BCUT2D eigenvalue weighted by Gasteiger charge is 2.27. The quantitative estimate of drug-likeness (QED) is 0.849. The van der Waals surface area contributed by atoms with E-state index in [0.29, 0.717) is 26.1 Å². The van der Waals surface area contributed by atoms with Crippen LogP contribution in [-0.2, 0) is 11.2 Å². The zero-order valence-corrected chi connectivity index (χ0v) is 15.8. The molecule has 1 atom stereocenters. The normalized spacial score (nSPS) is 17.0. The van der Waals surface area contributed by atoms with Gasteiger partial charge in [-0.1, -0.05) is 0 Å². The number of hydrogen-bond acceptors (Lipinski definition) is 4. The van der Waals surface area contributed by atoms with Crippen molar-refractivity contribution in [3.8, 4) is 0 Å². The molecule has 0 radical (unpaired) electrons. The van der Waals surface area contributed by atoms with E-state index in [9.17, 15) is 18.4 Å². The zero-order valence-electron chi connectivity index (χ0n) is 15.0. The first-order valence-corrected chi connectivity index (χ1v) is 9.74. The summed E-state index contributed by atoms with van der Waals surface area (Å²) >= 11 is 1.55. The van der Waals surface area contributed by atoms with Gasteiger partial charge in [0.15, 0.2) is 0 Å². The molecule has 8 heteroatoms. The molecule has 1 aliphatic heterocycles.